The standard InChI is InChI=1S/C12H12ClF2NO2/c13-8-3-9(14)12(10(15)4-8)16-2-1-7(6-17)11(18)5-16/h3-4,6-7,11,18H,1-2,5H2/t7?,11-/m0/s1. The zero-order valence-corrected chi connectivity index (χ0v) is 10.2. The molecule has 1 aliphatic rings. The van der Waals surface area contributed by atoms with Crippen molar-refractivity contribution in [3.63, 3.8) is 0 Å². The average molecular weight is 276 g/mol. The molecule has 1 N–H and O–H groups in total. The van der Waals surface area contributed by atoms with Gasteiger partial charge in [-0.25, -0.2) is 8.78 Å². The fourth-order valence-electron chi connectivity index (χ4n) is 2.15. The molecule has 0 amide bonds. The van der Waals surface area contributed by atoms with Crippen LogP contribution in [0.1, 0.15) is 6.42 Å². The Morgan fingerprint density at radius 2 is 2.00 bits per heavy atom. The maximum absolute atomic E-state index is 13.7. The molecule has 98 valence electrons. The number of piperidine rings is 1. The van der Waals surface area contributed by atoms with E-state index in [1.807, 2.05) is 0 Å². The number of rotatable bonds is 2. The average Bonchev–Trinajstić information content (AvgIpc) is 2.27. The third-order valence-electron chi connectivity index (χ3n) is 3.11. The van der Waals surface area contributed by atoms with Crippen molar-refractivity contribution >= 4 is 23.6 Å². The number of halogens is 3. The van der Waals surface area contributed by atoms with Gasteiger partial charge in [0.25, 0.3) is 0 Å². The smallest absolute Gasteiger partial charge is 0.151 e. The molecule has 1 aromatic rings. The highest BCUT2D eigenvalue weighted by molar-refractivity contribution is 6.30. The van der Waals surface area contributed by atoms with Crippen molar-refractivity contribution in [2.75, 3.05) is 18.0 Å². The second kappa shape index (κ2) is 5.20. The number of aldehydes is 1. The Morgan fingerprint density at radius 3 is 2.50 bits per heavy atom. The minimum Gasteiger partial charge on any atom is -0.391 e. The van der Waals surface area contributed by atoms with E-state index in [4.69, 9.17) is 11.6 Å². The molecule has 0 aliphatic carbocycles. The van der Waals surface area contributed by atoms with Gasteiger partial charge in [-0.2, -0.15) is 0 Å². The van der Waals surface area contributed by atoms with E-state index in [-0.39, 0.29) is 17.3 Å². The van der Waals surface area contributed by atoms with Crippen LogP contribution < -0.4 is 4.90 Å². The molecule has 0 bridgehead atoms. The van der Waals surface area contributed by atoms with Crippen molar-refractivity contribution in [2.45, 2.75) is 12.5 Å². The van der Waals surface area contributed by atoms with E-state index in [1.165, 1.54) is 4.90 Å². The second-order valence-electron chi connectivity index (χ2n) is 4.32. The molecule has 0 saturated carbocycles. The summed E-state index contributed by atoms with van der Waals surface area (Å²) in [6.45, 7) is 0.342. The Kier molecular flexibility index (Phi) is 3.82. The molecule has 0 spiro atoms. The van der Waals surface area contributed by atoms with Gasteiger partial charge in [0.05, 0.1) is 6.10 Å². The van der Waals surface area contributed by atoms with E-state index < -0.39 is 23.7 Å². The number of aliphatic hydroxyl groups excluding tert-OH is 1. The van der Waals surface area contributed by atoms with Crippen molar-refractivity contribution in [2.24, 2.45) is 5.92 Å². The molecule has 0 radical (unpaired) electrons. The maximum atomic E-state index is 13.7. The summed E-state index contributed by atoms with van der Waals surface area (Å²) >= 11 is 5.54. The van der Waals surface area contributed by atoms with Gasteiger partial charge in [-0.3, -0.25) is 0 Å². The predicted molar refractivity (Wildman–Crippen MR) is 63.8 cm³/mol. The molecule has 1 saturated heterocycles. The SMILES string of the molecule is O=CC1CCN(c2c(F)cc(Cl)cc2F)C[C@@H]1O. The molecule has 0 aromatic heterocycles. The van der Waals surface area contributed by atoms with E-state index >= 15 is 0 Å². The van der Waals surface area contributed by atoms with Gasteiger partial charge >= 0.3 is 0 Å². The van der Waals surface area contributed by atoms with Crippen LogP contribution in [-0.4, -0.2) is 30.6 Å². The monoisotopic (exact) mass is 275 g/mol. The number of nitrogens with zero attached hydrogens (tertiary/aromatic N) is 1. The van der Waals surface area contributed by atoms with Crippen LogP contribution in [0.15, 0.2) is 12.1 Å². The summed E-state index contributed by atoms with van der Waals surface area (Å²) in [4.78, 5) is 12.0. The topological polar surface area (TPSA) is 40.5 Å². The normalized spacial score (nSPS) is 24.1. The predicted octanol–water partition coefficient (Wildman–Crippen LogP) is 2.00. The van der Waals surface area contributed by atoms with Crippen molar-refractivity contribution in [1.29, 1.82) is 0 Å². The molecule has 1 aromatic carbocycles. The molecule has 2 rings (SSSR count). The largest absolute Gasteiger partial charge is 0.391 e. The number of anilines is 1. The first-order valence-electron chi connectivity index (χ1n) is 5.55. The number of aliphatic hydroxyl groups is 1. The third-order valence-corrected chi connectivity index (χ3v) is 3.32. The summed E-state index contributed by atoms with van der Waals surface area (Å²) in [5.41, 5.74) is -0.206. The summed E-state index contributed by atoms with van der Waals surface area (Å²) in [5.74, 6) is -2.01. The molecular weight excluding hydrogens is 264 g/mol. The minimum absolute atomic E-state index is 0.0166. The second-order valence-corrected chi connectivity index (χ2v) is 4.76. The zero-order valence-electron chi connectivity index (χ0n) is 9.44. The highest BCUT2D eigenvalue weighted by atomic mass is 35.5. The molecule has 6 heteroatoms. The summed E-state index contributed by atoms with van der Waals surface area (Å²) in [5, 5.41) is 9.68. The number of carbonyl (C=O) groups is 1. The van der Waals surface area contributed by atoms with Crippen LogP contribution in [0.4, 0.5) is 14.5 Å². The molecule has 1 fully saturated rings. The third kappa shape index (κ3) is 2.47. The highest BCUT2D eigenvalue weighted by Gasteiger charge is 2.30. The quantitative estimate of drug-likeness (QED) is 0.840. The summed E-state index contributed by atoms with van der Waals surface area (Å²) < 4.78 is 27.4. The van der Waals surface area contributed by atoms with Gasteiger partial charge < -0.3 is 14.8 Å². The Balaban J connectivity index is 2.26. The summed E-state index contributed by atoms with van der Waals surface area (Å²) in [7, 11) is 0. The van der Waals surface area contributed by atoms with Gasteiger partial charge in [0.2, 0.25) is 0 Å². The fraction of sp³-hybridized carbons (Fsp3) is 0.417. The lowest BCUT2D eigenvalue weighted by Gasteiger charge is -2.35. The van der Waals surface area contributed by atoms with E-state index in [0.717, 1.165) is 12.1 Å². The van der Waals surface area contributed by atoms with Crippen molar-refractivity contribution in [1.82, 2.24) is 0 Å². The minimum atomic E-state index is -0.911. The Labute approximate surface area is 108 Å². The van der Waals surface area contributed by atoms with E-state index in [2.05, 4.69) is 0 Å². The van der Waals surface area contributed by atoms with Crippen molar-refractivity contribution in [3.05, 3.63) is 28.8 Å². The summed E-state index contributed by atoms with van der Waals surface area (Å²) in [6, 6.07) is 2.05. The molecular formula is C12H12ClF2NO2. The van der Waals surface area contributed by atoms with E-state index in [1.54, 1.807) is 0 Å². The van der Waals surface area contributed by atoms with Crippen LogP contribution >= 0.6 is 11.6 Å². The van der Waals surface area contributed by atoms with Crippen molar-refractivity contribution < 1.29 is 18.7 Å². The highest BCUT2D eigenvalue weighted by Crippen LogP contribution is 2.30. The van der Waals surface area contributed by atoms with Crippen LogP contribution in [0.5, 0.6) is 0 Å². The lowest BCUT2D eigenvalue weighted by atomic mass is 9.95. The first kappa shape index (κ1) is 13.2. The van der Waals surface area contributed by atoms with E-state index in [9.17, 15) is 18.7 Å². The van der Waals surface area contributed by atoms with Crippen LogP contribution in [0.2, 0.25) is 5.02 Å². The Morgan fingerprint density at radius 1 is 1.39 bits per heavy atom. The molecule has 1 unspecified atom stereocenters. The van der Waals surface area contributed by atoms with Crippen molar-refractivity contribution in [3.8, 4) is 0 Å². The molecule has 2 atom stereocenters. The lowest BCUT2D eigenvalue weighted by Crippen LogP contribution is -2.45. The summed E-state index contributed by atoms with van der Waals surface area (Å²) in [6.07, 6.45) is 0.133. The van der Waals surface area contributed by atoms with Crippen LogP contribution in [-0.2, 0) is 4.79 Å². The fourth-order valence-corrected chi connectivity index (χ4v) is 2.34. The number of hydrogen-bond acceptors (Lipinski definition) is 3. The molecule has 18 heavy (non-hydrogen) atoms. The first-order chi connectivity index (χ1) is 8.52. The van der Waals surface area contributed by atoms with Gasteiger partial charge in [0.15, 0.2) is 11.6 Å². The Bertz CT molecular complexity index is 446. The molecule has 3 nitrogen and oxygen atoms in total. The molecule has 1 heterocycles. The van der Waals surface area contributed by atoms with E-state index in [0.29, 0.717) is 19.3 Å². The first-order valence-corrected chi connectivity index (χ1v) is 5.93. The van der Waals surface area contributed by atoms with Gasteiger partial charge in [-0.15, -0.1) is 0 Å². The van der Waals surface area contributed by atoms with Crippen LogP contribution in [0.3, 0.4) is 0 Å². The number of carbonyl (C=O) groups excluding carboxylic acids is 1. The maximum Gasteiger partial charge on any atom is 0.151 e. The molecule has 1 aliphatic heterocycles. The number of benzene rings is 1. The number of β-amino-alcohol motifs (C(OH)–C–C–N with tert-alkyl or cyclic N) is 1. The van der Waals surface area contributed by atoms with Gasteiger partial charge in [-0.05, 0) is 18.6 Å². The van der Waals surface area contributed by atoms with Gasteiger partial charge in [0, 0.05) is 24.0 Å². The van der Waals surface area contributed by atoms with Crippen LogP contribution in [0, 0.1) is 17.6 Å². The zero-order chi connectivity index (χ0) is 13.3. The Hall–Kier alpha value is -1.20. The lowest BCUT2D eigenvalue weighted by molar-refractivity contribution is -0.114. The van der Waals surface area contributed by atoms with Gasteiger partial charge in [0.1, 0.15) is 12.0 Å². The van der Waals surface area contributed by atoms with Crippen LogP contribution in [0.25, 0.3) is 0 Å². The number of hydrogen-bond donors (Lipinski definition) is 1. The van der Waals surface area contributed by atoms with Gasteiger partial charge in [-0.1, -0.05) is 11.6 Å².